The molecule has 15 nitrogen and oxygen atoms in total. The number of benzene rings is 1. The van der Waals surface area contributed by atoms with Gasteiger partial charge < -0.3 is 26.4 Å². The Kier molecular flexibility index (Phi) is 11.4. The summed E-state index contributed by atoms with van der Waals surface area (Å²) in [5.41, 5.74) is 1.49. The van der Waals surface area contributed by atoms with Gasteiger partial charge in [-0.25, -0.2) is 21.9 Å². The number of sulfone groups is 1. The van der Waals surface area contributed by atoms with Crippen LogP contribution in [0.15, 0.2) is 18.3 Å². The number of carbonyl (C=O) groups is 5. The van der Waals surface area contributed by atoms with Gasteiger partial charge in [-0.05, 0) is 51.2 Å². The van der Waals surface area contributed by atoms with E-state index in [-0.39, 0.29) is 31.0 Å². The third-order valence-corrected chi connectivity index (χ3v) is 12.2. The van der Waals surface area contributed by atoms with Crippen molar-refractivity contribution in [3.63, 3.8) is 0 Å². The van der Waals surface area contributed by atoms with Crippen LogP contribution in [0.3, 0.4) is 0 Å². The van der Waals surface area contributed by atoms with E-state index in [4.69, 9.17) is 17.3 Å². The predicted molar refractivity (Wildman–Crippen MR) is 181 cm³/mol. The van der Waals surface area contributed by atoms with Crippen molar-refractivity contribution >= 4 is 50.9 Å². The molecule has 1 saturated carbocycles. The Labute approximate surface area is 303 Å². The van der Waals surface area contributed by atoms with Gasteiger partial charge in [-0.3, -0.25) is 24.0 Å². The number of nitrogens with two attached hydrogens (primary N) is 1. The minimum atomic E-state index is -3.58. The standard InChI is InChI=1S/C33H42ClF2N7O8S/c1-32(2,49)26-16-38-41-43(26)19-13-25(30(47)40-33(27(44)28(37)45)8-10-52(50,51)11-9-33)42(17-19)31(48)24(12-18-6-4-3-5-7-18)39-29(46)20-14-23(36)21(34)15-22(20)35/h14-16,18-19,24-25,49H,3-13,17H2,1-2H3,(H2,37,45)(H,39,46)(H,40,47)/t19-,24?,25-/m0/s1. The summed E-state index contributed by atoms with van der Waals surface area (Å²) >= 11 is 5.68. The third kappa shape index (κ3) is 8.44. The van der Waals surface area contributed by atoms with Crippen molar-refractivity contribution in [1.29, 1.82) is 0 Å². The molecule has 5 rings (SSSR count). The Morgan fingerprint density at radius 1 is 1.10 bits per heavy atom. The van der Waals surface area contributed by atoms with E-state index in [0.717, 1.165) is 32.1 Å². The van der Waals surface area contributed by atoms with Crippen molar-refractivity contribution in [3.8, 4) is 0 Å². The molecule has 5 N–H and O–H groups in total. The highest BCUT2D eigenvalue weighted by Crippen LogP contribution is 2.35. The molecule has 4 amide bonds. The number of nitrogens with zero attached hydrogens (tertiary/aromatic N) is 4. The molecule has 3 fully saturated rings. The van der Waals surface area contributed by atoms with Crippen molar-refractivity contribution in [2.24, 2.45) is 11.7 Å². The van der Waals surface area contributed by atoms with E-state index in [1.54, 1.807) is 0 Å². The second-order valence-electron chi connectivity index (χ2n) is 14.4. The molecule has 1 unspecified atom stereocenters. The van der Waals surface area contributed by atoms with Gasteiger partial charge in [-0.1, -0.05) is 48.9 Å². The number of aliphatic hydroxyl groups is 1. The van der Waals surface area contributed by atoms with E-state index in [2.05, 4.69) is 20.9 Å². The molecule has 52 heavy (non-hydrogen) atoms. The molecule has 1 aliphatic carbocycles. The van der Waals surface area contributed by atoms with Gasteiger partial charge in [0, 0.05) is 13.0 Å². The molecule has 2 saturated heterocycles. The predicted octanol–water partition coefficient (Wildman–Crippen LogP) is 1.47. The number of hydrogen-bond acceptors (Lipinski definition) is 10. The summed E-state index contributed by atoms with van der Waals surface area (Å²) in [6.45, 7) is 2.79. The number of Topliss-reactive ketones (excluding diaryl/α,β-unsaturated/α-hetero) is 1. The highest BCUT2D eigenvalue weighted by Gasteiger charge is 2.51. The van der Waals surface area contributed by atoms with Crippen LogP contribution in [0.5, 0.6) is 0 Å². The van der Waals surface area contributed by atoms with Crippen LogP contribution in [0, 0.1) is 17.6 Å². The molecule has 284 valence electrons. The van der Waals surface area contributed by atoms with Crippen LogP contribution in [0.25, 0.3) is 0 Å². The van der Waals surface area contributed by atoms with Gasteiger partial charge in [0.05, 0.1) is 40.0 Å². The number of ketones is 1. The number of hydrogen-bond donors (Lipinski definition) is 4. The van der Waals surface area contributed by atoms with Gasteiger partial charge in [0.1, 0.15) is 34.9 Å². The normalized spacial score (nSPS) is 22.4. The Hall–Kier alpha value is -4.03. The van der Waals surface area contributed by atoms with Crippen LogP contribution in [0.1, 0.15) is 93.7 Å². The molecular weight excluding hydrogens is 728 g/mol. The summed E-state index contributed by atoms with van der Waals surface area (Å²) in [5.74, 6) is -8.51. The number of primary amides is 1. The number of aromatic nitrogens is 3. The van der Waals surface area contributed by atoms with Crippen molar-refractivity contribution in [2.75, 3.05) is 18.1 Å². The lowest BCUT2D eigenvalue weighted by molar-refractivity contribution is -0.145. The Morgan fingerprint density at radius 3 is 2.37 bits per heavy atom. The zero-order valence-electron chi connectivity index (χ0n) is 28.7. The minimum Gasteiger partial charge on any atom is -0.384 e. The Balaban J connectivity index is 1.52. The number of nitrogens with one attached hydrogen (secondary N) is 2. The van der Waals surface area contributed by atoms with Crippen LogP contribution >= 0.6 is 11.6 Å². The Bertz CT molecular complexity index is 1850. The van der Waals surface area contributed by atoms with E-state index in [0.29, 0.717) is 12.1 Å². The van der Waals surface area contributed by atoms with E-state index >= 15 is 0 Å². The van der Waals surface area contributed by atoms with Crippen molar-refractivity contribution in [2.45, 2.75) is 101 Å². The fraction of sp³-hybridized carbons (Fsp3) is 0.606. The summed E-state index contributed by atoms with van der Waals surface area (Å²) < 4.78 is 55.1. The first-order valence-corrected chi connectivity index (χ1v) is 19.3. The summed E-state index contributed by atoms with van der Waals surface area (Å²) in [6.07, 6.45) is 4.68. The molecule has 1 aromatic carbocycles. The van der Waals surface area contributed by atoms with Crippen LogP contribution in [0.2, 0.25) is 5.02 Å². The first-order chi connectivity index (χ1) is 24.3. The highest BCUT2D eigenvalue weighted by molar-refractivity contribution is 7.91. The summed E-state index contributed by atoms with van der Waals surface area (Å²) in [4.78, 5) is 68.7. The van der Waals surface area contributed by atoms with Gasteiger partial charge in [0.15, 0.2) is 9.84 Å². The van der Waals surface area contributed by atoms with Gasteiger partial charge in [-0.15, -0.1) is 5.10 Å². The summed E-state index contributed by atoms with van der Waals surface area (Å²) in [5, 5.41) is 23.4. The maximum absolute atomic E-state index is 14.8. The SMILES string of the molecule is CC(C)(O)c1cnnn1[C@H]1C[C@@H](C(=O)NC2(C(=O)C(N)=O)CCS(=O)(=O)CC2)N(C(=O)C(CC2CCCCC2)NC(=O)c2cc(F)c(Cl)cc2F)C1. The van der Waals surface area contributed by atoms with Crippen molar-refractivity contribution in [3.05, 3.63) is 46.2 Å². The largest absolute Gasteiger partial charge is 0.384 e. The smallest absolute Gasteiger partial charge is 0.287 e. The molecule has 2 aromatic rings. The molecule has 3 atom stereocenters. The van der Waals surface area contributed by atoms with Crippen LogP contribution in [-0.2, 0) is 34.6 Å². The number of rotatable bonds is 11. The lowest BCUT2D eigenvalue weighted by atomic mass is 9.84. The van der Waals surface area contributed by atoms with E-state index in [1.165, 1.54) is 29.6 Å². The van der Waals surface area contributed by atoms with Crippen LogP contribution in [0.4, 0.5) is 8.78 Å². The number of halogens is 3. The monoisotopic (exact) mass is 769 g/mol. The fourth-order valence-corrected chi connectivity index (χ4v) is 9.07. The van der Waals surface area contributed by atoms with E-state index < -0.39 is 115 Å². The molecule has 0 bridgehead atoms. The van der Waals surface area contributed by atoms with Crippen LogP contribution < -0.4 is 16.4 Å². The van der Waals surface area contributed by atoms with E-state index in [9.17, 15) is 46.3 Å². The maximum atomic E-state index is 14.8. The molecule has 2 aliphatic heterocycles. The average Bonchev–Trinajstić information content (AvgIpc) is 3.75. The second-order valence-corrected chi connectivity index (χ2v) is 17.2. The molecule has 0 radical (unpaired) electrons. The highest BCUT2D eigenvalue weighted by atomic mass is 35.5. The zero-order valence-corrected chi connectivity index (χ0v) is 30.3. The first kappa shape index (κ1) is 39.2. The third-order valence-electron chi connectivity index (χ3n) is 10.3. The van der Waals surface area contributed by atoms with Gasteiger partial charge >= 0.3 is 0 Å². The first-order valence-electron chi connectivity index (χ1n) is 17.1. The molecule has 19 heteroatoms. The topological polar surface area (TPSA) is 224 Å². The van der Waals surface area contributed by atoms with E-state index in [1.807, 2.05) is 0 Å². The maximum Gasteiger partial charge on any atom is 0.287 e. The fourth-order valence-electron chi connectivity index (χ4n) is 7.40. The molecule has 3 aliphatic rings. The molecule has 3 heterocycles. The second kappa shape index (κ2) is 15.1. The lowest BCUT2D eigenvalue weighted by Gasteiger charge is -2.37. The molecule has 1 aromatic heterocycles. The summed E-state index contributed by atoms with van der Waals surface area (Å²) in [6, 6.07) is -2.20. The van der Waals surface area contributed by atoms with Crippen molar-refractivity contribution in [1.82, 2.24) is 30.5 Å². The number of carbonyl (C=O) groups excluding carboxylic acids is 5. The van der Waals surface area contributed by atoms with Gasteiger partial charge in [0.25, 0.3) is 11.8 Å². The van der Waals surface area contributed by atoms with Gasteiger partial charge in [0.2, 0.25) is 17.6 Å². The van der Waals surface area contributed by atoms with Gasteiger partial charge in [-0.2, -0.15) is 0 Å². The van der Waals surface area contributed by atoms with Crippen molar-refractivity contribution < 1.29 is 46.3 Å². The molecule has 0 spiro atoms. The zero-order chi connectivity index (χ0) is 38.2. The number of amides is 4. The molecular formula is C33H42ClF2N7O8S. The average molecular weight is 770 g/mol. The van der Waals surface area contributed by atoms with Crippen LogP contribution in [-0.4, -0.2) is 98.5 Å². The quantitative estimate of drug-likeness (QED) is 0.190. The Morgan fingerprint density at radius 2 is 1.75 bits per heavy atom. The number of likely N-dealkylation sites (tertiary alicyclic amines) is 1. The lowest BCUT2D eigenvalue weighted by Crippen LogP contribution is -2.64. The minimum absolute atomic E-state index is 0.0294. The summed E-state index contributed by atoms with van der Waals surface area (Å²) in [7, 11) is -3.58.